The molecular weight excluding hydrogens is 739 g/mol. The monoisotopic (exact) mass is 800 g/mol. The van der Waals surface area contributed by atoms with E-state index in [0.717, 1.165) is 0 Å². The first-order chi connectivity index (χ1) is 22.5. The number of benzene rings is 2. The second-order valence-corrected chi connectivity index (χ2v) is 21.3. The Labute approximate surface area is 339 Å². The predicted octanol–water partition coefficient (Wildman–Crippen LogP) is 8.19. The summed E-state index contributed by atoms with van der Waals surface area (Å²) in [6.45, 7) is 32.4. The average Bonchev–Trinajstić information content (AvgIpc) is 3.73. The molecule has 0 bridgehead atoms. The Balaban J connectivity index is 0.000000289. The third-order valence-corrected chi connectivity index (χ3v) is 12.4. The molecule has 4 aliphatic carbocycles. The van der Waals surface area contributed by atoms with E-state index in [9.17, 15) is 0 Å². The summed E-state index contributed by atoms with van der Waals surface area (Å²) in [5.74, 6) is 0.573. The summed E-state index contributed by atoms with van der Waals surface area (Å²) in [7, 11) is 0. The molecule has 276 valence electrons. The molecule has 0 N–H and O–H groups in total. The molecule has 1 fully saturated rings. The van der Waals surface area contributed by atoms with Gasteiger partial charge >= 0.3 is 59.5 Å². The van der Waals surface area contributed by atoms with E-state index in [1.54, 1.807) is 27.4 Å². The van der Waals surface area contributed by atoms with Gasteiger partial charge in [0.25, 0.3) is 0 Å². The van der Waals surface area contributed by atoms with Crippen LogP contribution >= 0.6 is 0 Å². The molecule has 3 aromatic carbocycles. The van der Waals surface area contributed by atoms with Crippen LogP contribution in [0.1, 0.15) is 158 Å². The molecule has 1 unspecified atom stereocenters. The Morgan fingerprint density at radius 3 is 1.41 bits per heavy atom. The van der Waals surface area contributed by atoms with Crippen LogP contribution in [0.15, 0.2) is 60.2 Å². The normalized spacial score (nSPS) is 20.2. The zero-order chi connectivity index (χ0) is 36.3. The van der Waals surface area contributed by atoms with Crippen molar-refractivity contribution in [2.24, 2.45) is 22.2 Å². The fourth-order valence-electron chi connectivity index (χ4n) is 8.08. The summed E-state index contributed by atoms with van der Waals surface area (Å²) in [6, 6.07) is 12.3. The summed E-state index contributed by atoms with van der Waals surface area (Å²) >= 11 is 1.69. The van der Waals surface area contributed by atoms with Gasteiger partial charge in [-0.25, -0.2) is 6.08 Å². The summed E-state index contributed by atoms with van der Waals surface area (Å²) in [4.78, 5) is 0. The molecule has 1 saturated carbocycles. The van der Waals surface area contributed by atoms with E-state index in [4.69, 9.17) is 0 Å². The van der Waals surface area contributed by atoms with Crippen LogP contribution in [0, 0.1) is 28.2 Å². The van der Waals surface area contributed by atoms with Gasteiger partial charge in [0, 0.05) is 10.8 Å². The van der Waals surface area contributed by atoms with Crippen molar-refractivity contribution in [3.8, 4) is 0 Å². The maximum absolute atomic E-state index is 3.35. The minimum atomic E-state index is 0. The standard InChI is InChI=1S/C31H37.C11H17.C6H10.2ClH.Zr/c1-28(2,3)26-16-30(7,8)24-12-18-11-19-13-25-23(15-21(19)20(18)14-22(24)26)27(29(4,5)6)17-31(25,9)10;1-5-9-6-7-10(8-9)11(2,3)4;1-2-4-6-5-3-1;;;/h11-17H,1-10H3;7-9H,5H2,1-4H3;1-5H2;2*1H;/q2*-1;;;;+2/p-2. The molecule has 0 heterocycles. The Morgan fingerprint density at radius 1 is 0.686 bits per heavy atom. The molecule has 0 saturated heterocycles. The van der Waals surface area contributed by atoms with Crippen LogP contribution in [-0.2, 0) is 35.1 Å². The van der Waals surface area contributed by atoms with Crippen molar-refractivity contribution in [2.45, 2.75) is 146 Å². The molecule has 3 heteroatoms. The predicted molar refractivity (Wildman–Crippen MR) is 215 cm³/mol. The van der Waals surface area contributed by atoms with Gasteiger partial charge in [-0.05, 0) is 33.1 Å². The Hall–Kier alpha value is -1.40. The van der Waals surface area contributed by atoms with E-state index in [1.807, 2.05) is 0 Å². The Kier molecular flexibility index (Phi) is 13.6. The maximum atomic E-state index is 3.35. The van der Waals surface area contributed by atoms with Gasteiger partial charge in [-0.2, -0.15) is 11.6 Å². The number of rotatable bonds is 1. The van der Waals surface area contributed by atoms with Gasteiger partial charge in [0.1, 0.15) is 0 Å². The number of hydrogen-bond donors (Lipinski definition) is 0. The molecule has 0 amide bonds. The first-order valence-corrected chi connectivity index (χ1v) is 20.3. The molecule has 4 aliphatic rings. The van der Waals surface area contributed by atoms with Crippen LogP contribution in [0.3, 0.4) is 0 Å². The van der Waals surface area contributed by atoms with E-state index >= 15 is 0 Å². The average molecular weight is 803 g/mol. The second kappa shape index (κ2) is 15.8. The molecule has 0 radical (unpaired) electrons. The zero-order valence-electron chi connectivity index (χ0n) is 34.3. The van der Waals surface area contributed by atoms with E-state index in [-0.39, 0.29) is 46.5 Å². The van der Waals surface area contributed by atoms with Crippen molar-refractivity contribution in [2.75, 3.05) is 0 Å². The summed E-state index contributed by atoms with van der Waals surface area (Å²) in [5, 5.41) is 5.58. The molecule has 0 nitrogen and oxygen atoms in total. The molecular formula is C48H64Cl2Zr-2. The van der Waals surface area contributed by atoms with Crippen LogP contribution in [0.25, 0.3) is 32.7 Å². The van der Waals surface area contributed by atoms with Gasteiger partial charge in [0.15, 0.2) is 0 Å². The van der Waals surface area contributed by atoms with Crippen LogP contribution in [-0.4, -0.2) is 3.21 Å². The van der Waals surface area contributed by atoms with Gasteiger partial charge in [-0.3, -0.25) is 6.08 Å². The van der Waals surface area contributed by atoms with Gasteiger partial charge in [-0.1, -0.05) is 150 Å². The van der Waals surface area contributed by atoms with E-state index in [2.05, 4.69) is 158 Å². The number of allylic oxidation sites excluding steroid dienone is 8. The van der Waals surface area contributed by atoms with Gasteiger partial charge in [-0.15, -0.1) is 39.7 Å². The van der Waals surface area contributed by atoms with Crippen LogP contribution in [0.4, 0.5) is 0 Å². The van der Waals surface area contributed by atoms with Crippen molar-refractivity contribution in [3.63, 3.8) is 0 Å². The van der Waals surface area contributed by atoms with Crippen molar-refractivity contribution in [1.82, 2.24) is 0 Å². The van der Waals surface area contributed by atoms with Gasteiger partial charge in [0.2, 0.25) is 0 Å². The molecule has 3 aromatic rings. The molecule has 0 aliphatic heterocycles. The number of fused-ring (bicyclic) bond motifs is 5. The number of hydrogen-bond acceptors (Lipinski definition) is 0. The number of halogens is 2. The molecule has 0 aromatic heterocycles. The fourth-order valence-corrected chi connectivity index (χ4v) is 8.95. The molecule has 7 rings (SSSR count). The van der Waals surface area contributed by atoms with E-state index < -0.39 is 0 Å². The minimum absolute atomic E-state index is 0. The van der Waals surface area contributed by atoms with E-state index in [1.165, 1.54) is 99.0 Å². The van der Waals surface area contributed by atoms with Crippen molar-refractivity contribution >= 4 is 35.9 Å². The van der Waals surface area contributed by atoms with Gasteiger partial charge < -0.3 is 24.8 Å². The van der Waals surface area contributed by atoms with Crippen molar-refractivity contribution in [1.29, 1.82) is 0 Å². The van der Waals surface area contributed by atoms with Crippen molar-refractivity contribution in [3.05, 3.63) is 88.5 Å². The topological polar surface area (TPSA) is 0 Å². The van der Waals surface area contributed by atoms with E-state index in [0.29, 0.717) is 11.3 Å². The first-order valence-electron chi connectivity index (χ1n) is 19.1. The summed E-state index contributed by atoms with van der Waals surface area (Å²) in [6.07, 6.45) is 21.3. The SMILES string of the molecule is CC(C)(C)C1=CC(C)(C)c2cc3[cH-]c4cc5c(cc4c3cc21)C(C(C)(C)C)=CC5(C)C.CCC1[C-]=CC(C(C)(C)C)=C1.[Cl-].[Cl-].[Zr+2]=[C]1CCCCC1. The van der Waals surface area contributed by atoms with Crippen molar-refractivity contribution < 1.29 is 49.0 Å². The molecule has 51 heavy (non-hydrogen) atoms. The quantitative estimate of drug-likeness (QED) is 0.218. The first kappa shape index (κ1) is 44.0. The van der Waals surface area contributed by atoms with Crippen LogP contribution in [0.2, 0.25) is 0 Å². The second-order valence-electron chi connectivity index (χ2n) is 19.5. The molecule has 0 spiro atoms. The Bertz CT molecular complexity index is 1770. The third kappa shape index (κ3) is 9.47. The molecule has 1 atom stereocenters. The van der Waals surface area contributed by atoms with Crippen LogP contribution in [0.5, 0.6) is 0 Å². The Morgan fingerprint density at radius 2 is 1.12 bits per heavy atom. The van der Waals surface area contributed by atoms with Gasteiger partial charge in [0.05, 0.1) is 0 Å². The fraction of sp³-hybridized carbons (Fsp3) is 0.542. The summed E-state index contributed by atoms with van der Waals surface area (Å²) in [5.41, 5.74) is 11.0. The summed E-state index contributed by atoms with van der Waals surface area (Å²) < 4.78 is 1.80. The third-order valence-electron chi connectivity index (χ3n) is 11.2. The zero-order valence-corrected chi connectivity index (χ0v) is 38.2. The van der Waals surface area contributed by atoms with Crippen LogP contribution < -0.4 is 24.8 Å².